The first-order valence-corrected chi connectivity index (χ1v) is 12.9. The molecule has 2 heterocycles. The molecule has 3 aromatic carbocycles. The highest BCUT2D eigenvalue weighted by Crippen LogP contribution is 2.27. The van der Waals surface area contributed by atoms with Gasteiger partial charge in [-0.05, 0) is 61.6 Å². The van der Waals surface area contributed by atoms with Crippen LogP contribution in [0.1, 0.15) is 47.4 Å². The Labute approximate surface area is 212 Å². The van der Waals surface area contributed by atoms with Crippen molar-refractivity contribution in [3.8, 4) is 0 Å². The Morgan fingerprint density at radius 1 is 0.861 bits per heavy atom. The average molecular weight is 481 g/mol. The minimum absolute atomic E-state index is 0.0322. The van der Waals surface area contributed by atoms with Crippen molar-refractivity contribution in [2.24, 2.45) is 0 Å². The van der Waals surface area contributed by atoms with Gasteiger partial charge in [0.25, 0.3) is 5.91 Å². The highest BCUT2D eigenvalue weighted by molar-refractivity contribution is 5.95. The van der Waals surface area contributed by atoms with Gasteiger partial charge in [-0.15, -0.1) is 0 Å². The fourth-order valence-electron chi connectivity index (χ4n) is 4.98. The highest BCUT2D eigenvalue weighted by atomic mass is 16.2. The minimum Gasteiger partial charge on any atom is -0.352 e. The van der Waals surface area contributed by atoms with Crippen LogP contribution in [0.4, 0.5) is 5.69 Å². The zero-order valence-electron chi connectivity index (χ0n) is 20.5. The van der Waals surface area contributed by atoms with E-state index < -0.39 is 0 Å². The first kappa shape index (κ1) is 23.8. The lowest BCUT2D eigenvalue weighted by Crippen LogP contribution is -2.38. The van der Waals surface area contributed by atoms with Crippen LogP contribution >= 0.6 is 0 Å². The van der Waals surface area contributed by atoms with Gasteiger partial charge >= 0.3 is 0 Å². The molecule has 5 rings (SSSR count). The van der Waals surface area contributed by atoms with Crippen molar-refractivity contribution >= 4 is 28.5 Å². The van der Waals surface area contributed by atoms with Crippen LogP contribution < -0.4 is 10.2 Å². The summed E-state index contributed by atoms with van der Waals surface area (Å²) in [4.78, 5) is 32.5. The van der Waals surface area contributed by atoms with Crippen LogP contribution in [0.25, 0.3) is 11.0 Å². The lowest BCUT2D eigenvalue weighted by atomic mass is 10.0. The molecular formula is C30H32N4O2. The normalized spacial score (nSPS) is 12.9. The van der Waals surface area contributed by atoms with Gasteiger partial charge in [0.2, 0.25) is 5.91 Å². The smallest absolute Gasteiger partial charge is 0.251 e. The summed E-state index contributed by atoms with van der Waals surface area (Å²) in [7, 11) is 0. The summed E-state index contributed by atoms with van der Waals surface area (Å²) in [6.07, 6.45) is 5.64. The number of aryl methyl sites for hydroxylation is 2. The quantitative estimate of drug-likeness (QED) is 0.337. The molecule has 0 saturated heterocycles. The number of unbranched alkanes of at least 4 members (excludes halogenated alkanes) is 2. The maximum atomic E-state index is 13.5. The van der Waals surface area contributed by atoms with Gasteiger partial charge in [-0.2, -0.15) is 0 Å². The van der Waals surface area contributed by atoms with E-state index in [-0.39, 0.29) is 18.4 Å². The number of imidazole rings is 1. The average Bonchev–Trinajstić information content (AvgIpc) is 3.27. The number of carbonyl (C=O) groups is 2. The number of benzene rings is 3. The number of nitrogens with zero attached hydrogens (tertiary/aromatic N) is 3. The topological polar surface area (TPSA) is 67.2 Å². The van der Waals surface area contributed by atoms with E-state index in [4.69, 9.17) is 4.98 Å². The SMILES string of the molecule is O=C(NCCCCCc1nc2ccccc2n1CC(=O)N1CCCc2ccccc21)c1ccccc1. The van der Waals surface area contributed by atoms with Crippen LogP contribution in [0.3, 0.4) is 0 Å². The number of hydrogen-bond donors (Lipinski definition) is 1. The van der Waals surface area contributed by atoms with Crippen molar-refractivity contribution in [3.05, 3.63) is 95.8 Å². The van der Waals surface area contributed by atoms with Crippen LogP contribution in [-0.2, 0) is 24.2 Å². The van der Waals surface area contributed by atoms with E-state index in [1.807, 2.05) is 71.6 Å². The highest BCUT2D eigenvalue weighted by Gasteiger charge is 2.23. The van der Waals surface area contributed by atoms with Crippen LogP contribution in [0.2, 0.25) is 0 Å². The third kappa shape index (κ3) is 5.33. The largest absolute Gasteiger partial charge is 0.352 e. The molecule has 1 aromatic heterocycles. The number of para-hydroxylation sites is 3. The molecule has 0 fully saturated rings. The summed E-state index contributed by atoms with van der Waals surface area (Å²) in [5.74, 6) is 1.02. The first-order chi connectivity index (χ1) is 17.7. The molecule has 1 aliphatic rings. The van der Waals surface area contributed by atoms with Crippen LogP contribution in [0.5, 0.6) is 0 Å². The van der Waals surface area contributed by atoms with E-state index in [2.05, 4.69) is 22.0 Å². The second-order valence-corrected chi connectivity index (χ2v) is 9.31. The summed E-state index contributed by atoms with van der Waals surface area (Å²) in [5.41, 5.74) is 4.90. The van der Waals surface area contributed by atoms with Gasteiger partial charge in [0.05, 0.1) is 11.0 Å². The Bertz CT molecular complexity index is 1350. The summed E-state index contributed by atoms with van der Waals surface area (Å²) in [5, 5.41) is 2.99. The summed E-state index contributed by atoms with van der Waals surface area (Å²) < 4.78 is 2.09. The van der Waals surface area contributed by atoms with Crippen molar-refractivity contribution in [3.63, 3.8) is 0 Å². The van der Waals surface area contributed by atoms with E-state index in [9.17, 15) is 9.59 Å². The van der Waals surface area contributed by atoms with Crippen LogP contribution in [-0.4, -0.2) is 34.5 Å². The predicted molar refractivity (Wildman–Crippen MR) is 143 cm³/mol. The molecule has 2 amide bonds. The molecular weight excluding hydrogens is 448 g/mol. The first-order valence-electron chi connectivity index (χ1n) is 12.9. The number of fused-ring (bicyclic) bond motifs is 2. The van der Waals surface area contributed by atoms with Gasteiger partial charge in [-0.3, -0.25) is 9.59 Å². The Morgan fingerprint density at radius 3 is 2.53 bits per heavy atom. The van der Waals surface area contributed by atoms with Gasteiger partial charge in [0.15, 0.2) is 0 Å². The van der Waals surface area contributed by atoms with Gasteiger partial charge in [0, 0.05) is 30.8 Å². The second-order valence-electron chi connectivity index (χ2n) is 9.31. The van der Waals surface area contributed by atoms with Crippen molar-refractivity contribution in [2.45, 2.75) is 45.1 Å². The summed E-state index contributed by atoms with van der Waals surface area (Å²) in [6, 6.07) is 25.6. The number of amides is 2. The molecule has 1 N–H and O–H groups in total. The molecule has 1 aliphatic heterocycles. The fraction of sp³-hybridized carbons (Fsp3) is 0.300. The van der Waals surface area contributed by atoms with Crippen LogP contribution in [0, 0.1) is 0 Å². The number of nitrogens with one attached hydrogen (secondary N) is 1. The van der Waals surface area contributed by atoms with E-state index in [1.165, 1.54) is 5.56 Å². The van der Waals surface area contributed by atoms with E-state index in [1.54, 1.807) is 0 Å². The molecule has 0 radical (unpaired) electrons. The molecule has 184 valence electrons. The van der Waals surface area contributed by atoms with Crippen molar-refractivity contribution in [1.82, 2.24) is 14.9 Å². The molecule has 6 heteroatoms. The number of aromatic nitrogens is 2. The van der Waals surface area contributed by atoms with Crippen LogP contribution in [0.15, 0.2) is 78.9 Å². The third-order valence-electron chi connectivity index (χ3n) is 6.84. The van der Waals surface area contributed by atoms with Crippen molar-refractivity contribution in [1.29, 1.82) is 0 Å². The maximum absolute atomic E-state index is 13.5. The number of carbonyl (C=O) groups excluding carboxylic acids is 2. The standard InChI is InChI=1S/C30H32N4O2/c35-29(33-21-11-15-23-12-6-8-17-26(23)33)22-34-27-18-9-7-16-25(27)32-28(34)19-5-2-10-20-31-30(36)24-13-3-1-4-14-24/h1,3-4,6-9,12-14,16-18H,2,5,10-11,15,19-22H2,(H,31,36). The molecule has 0 spiro atoms. The van der Waals surface area contributed by atoms with E-state index in [0.29, 0.717) is 12.1 Å². The molecule has 0 saturated carbocycles. The molecule has 4 aromatic rings. The molecule has 0 bridgehead atoms. The molecule has 36 heavy (non-hydrogen) atoms. The Kier molecular flexibility index (Phi) is 7.41. The lowest BCUT2D eigenvalue weighted by molar-refractivity contribution is -0.119. The van der Waals surface area contributed by atoms with Crippen molar-refractivity contribution in [2.75, 3.05) is 18.0 Å². The fourth-order valence-corrected chi connectivity index (χ4v) is 4.98. The Balaban J connectivity index is 1.20. The van der Waals surface area contributed by atoms with Crippen molar-refractivity contribution < 1.29 is 9.59 Å². The zero-order chi connectivity index (χ0) is 24.7. The van der Waals surface area contributed by atoms with Gasteiger partial charge in [0.1, 0.15) is 12.4 Å². The predicted octanol–water partition coefficient (Wildman–Crippen LogP) is 5.16. The number of hydrogen-bond acceptors (Lipinski definition) is 3. The minimum atomic E-state index is -0.0322. The van der Waals surface area contributed by atoms with E-state index in [0.717, 1.165) is 67.6 Å². The maximum Gasteiger partial charge on any atom is 0.251 e. The second kappa shape index (κ2) is 11.2. The third-order valence-corrected chi connectivity index (χ3v) is 6.84. The Morgan fingerprint density at radius 2 is 1.64 bits per heavy atom. The molecule has 6 nitrogen and oxygen atoms in total. The number of rotatable bonds is 9. The summed E-state index contributed by atoms with van der Waals surface area (Å²) >= 11 is 0. The molecule has 0 unspecified atom stereocenters. The van der Waals surface area contributed by atoms with Gasteiger partial charge in [-0.1, -0.05) is 55.0 Å². The molecule has 0 aliphatic carbocycles. The zero-order valence-corrected chi connectivity index (χ0v) is 20.5. The Hall–Kier alpha value is -3.93. The van der Waals surface area contributed by atoms with Gasteiger partial charge in [-0.25, -0.2) is 4.98 Å². The summed E-state index contributed by atoms with van der Waals surface area (Å²) in [6.45, 7) is 1.70. The van der Waals surface area contributed by atoms with Gasteiger partial charge < -0.3 is 14.8 Å². The lowest BCUT2D eigenvalue weighted by Gasteiger charge is -2.29. The number of anilines is 1. The molecule has 0 atom stereocenters. The van der Waals surface area contributed by atoms with E-state index >= 15 is 0 Å². The monoisotopic (exact) mass is 480 g/mol.